The Morgan fingerprint density at radius 2 is 2.05 bits per heavy atom. The van der Waals surface area contributed by atoms with E-state index in [1.165, 1.54) is 11.6 Å². The van der Waals surface area contributed by atoms with Gasteiger partial charge < -0.3 is 9.47 Å². The van der Waals surface area contributed by atoms with Gasteiger partial charge in [0.25, 0.3) is 0 Å². The molecule has 1 heterocycles. The summed E-state index contributed by atoms with van der Waals surface area (Å²) in [7, 11) is 1.77. The lowest BCUT2D eigenvalue weighted by molar-refractivity contribution is -0.125. The van der Waals surface area contributed by atoms with Crippen molar-refractivity contribution in [3.63, 3.8) is 0 Å². The average molecular weight is 255 g/mol. The van der Waals surface area contributed by atoms with Crippen LogP contribution in [-0.2, 0) is 17.9 Å². The van der Waals surface area contributed by atoms with Crippen molar-refractivity contribution in [1.82, 2.24) is 14.5 Å². The molecule has 2 rings (SSSR count). The molecule has 0 N–H and O–H groups in total. The zero-order chi connectivity index (χ0) is 13.7. The topological polar surface area (TPSA) is 38.1 Å². The summed E-state index contributed by atoms with van der Waals surface area (Å²) in [6.45, 7) is 4.88. The fraction of sp³-hybridized carbons (Fsp3) is 0.200. The van der Waals surface area contributed by atoms with Gasteiger partial charge >= 0.3 is 0 Å². The van der Waals surface area contributed by atoms with Gasteiger partial charge in [0.2, 0.25) is 5.91 Å². The first-order chi connectivity index (χ1) is 9.19. The molecule has 1 aromatic carbocycles. The third kappa shape index (κ3) is 3.55. The molecule has 1 amide bonds. The minimum atomic E-state index is -0.0671. The van der Waals surface area contributed by atoms with Gasteiger partial charge in [0.1, 0.15) is 0 Å². The molecule has 0 saturated heterocycles. The number of imidazole rings is 1. The Bertz CT molecular complexity index is 543. The summed E-state index contributed by atoms with van der Waals surface area (Å²) in [5, 5.41) is 0. The van der Waals surface area contributed by atoms with Crippen LogP contribution < -0.4 is 0 Å². The number of hydrogen-bond donors (Lipinski definition) is 0. The highest BCUT2D eigenvalue weighted by Gasteiger charge is 2.04. The minimum absolute atomic E-state index is 0.0671. The summed E-state index contributed by atoms with van der Waals surface area (Å²) < 4.78 is 2.02. The first kappa shape index (κ1) is 13.1. The Morgan fingerprint density at radius 1 is 1.37 bits per heavy atom. The van der Waals surface area contributed by atoms with E-state index in [-0.39, 0.29) is 5.91 Å². The zero-order valence-electron chi connectivity index (χ0n) is 11.0. The molecule has 0 saturated carbocycles. The Kier molecular flexibility index (Phi) is 4.13. The van der Waals surface area contributed by atoms with E-state index in [1.54, 1.807) is 24.5 Å². The molecular weight excluding hydrogens is 238 g/mol. The van der Waals surface area contributed by atoms with Crippen LogP contribution in [0.15, 0.2) is 55.6 Å². The molecule has 0 atom stereocenters. The van der Waals surface area contributed by atoms with Gasteiger partial charge in [0.15, 0.2) is 0 Å². The van der Waals surface area contributed by atoms with Crippen molar-refractivity contribution >= 4 is 5.91 Å². The monoisotopic (exact) mass is 255 g/mol. The average Bonchev–Trinajstić information content (AvgIpc) is 2.93. The van der Waals surface area contributed by atoms with Crippen LogP contribution in [0.25, 0.3) is 0 Å². The van der Waals surface area contributed by atoms with Crippen molar-refractivity contribution in [2.45, 2.75) is 13.1 Å². The second kappa shape index (κ2) is 6.00. The third-order valence-electron chi connectivity index (χ3n) is 2.92. The minimum Gasteiger partial charge on any atom is -0.338 e. The Labute approximate surface area is 113 Å². The molecule has 19 heavy (non-hydrogen) atoms. The van der Waals surface area contributed by atoms with Gasteiger partial charge in [-0.1, -0.05) is 30.8 Å². The van der Waals surface area contributed by atoms with E-state index in [1.807, 2.05) is 22.9 Å². The fourth-order valence-electron chi connectivity index (χ4n) is 1.85. The van der Waals surface area contributed by atoms with Crippen LogP contribution in [-0.4, -0.2) is 27.4 Å². The molecule has 0 spiro atoms. The largest absolute Gasteiger partial charge is 0.338 e. The molecule has 0 radical (unpaired) electrons. The first-order valence-electron chi connectivity index (χ1n) is 6.10. The summed E-state index contributed by atoms with van der Waals surface area (Å²) in [6, 6.07) is 8.22. The van der Waals surface area contributed by atoms with Crippen LogP contribution >= 0.6 is 0 Å². The number of carbonyl (C=O) groups excluding carboxylic acids is 1. The molecule has 0 bridgehead atoms. The highest BCUT2D eigenvalue weighted by atomic mass is 16.2. The van der Waals surface area contributed by atoms with Crippen LogP contribution in [0.1, 0.15) is 11.1 Å². The van der Waals surface area contributed by atoms with E-state index < -0.39 is 0 Å². The molecule has 0 aliphatic rings. The van der Waals surface area contributed by atoms with Gasteiger partial charge in [0, 0.05) is 32.5 Å². The Balaban J connectivity index is 1.98. The van der Waals surface area contributed by atoms with Crippen molar-refractivity contribution in [2.24, 2.45) is 0 Å². The van der Waals surface area contributed by atoms with Crippen molar-refractivity contribution in [1.29, 1.82) is 0 Å². The van der Waals surface area contributed by atoms with Gasteiger partial charge in [0.05, 0.1) is 6.33 Å². The number of rotatable bonds is 5. The zero-order valence-corrected chi connectivity index (χ0v) is 11.0. The van der Waals surface area contributed by atoms with Crippen LogP contribution in [0.2, 0.25) is 0 Å². The molecule has 4 heteroatoms. The molecule has 0 aliphatic heterocycles. The van der Waals surface area contributed by atoms with Crippen molar-refractivity contribution < 1.29 is 4.79 Å². The number of nitrogens with zero attached hydrogens (tertiary/aromatic N) is 3. The lowest BCUT2D eigenvalue weighted by Crippen LogP contribution is -2.23. The summed E-state index contributed by atoms with van der Waals surface area (Å²) in [6.07, 6.45) is 6.83. The number of benzene rings is 1. The van der Waals surface area contributed by atoms with E-state index >= 15 is 0 Å². The quantitative estimate of drug-likeness (QED) is 0.767. The maximum Gasteiger partial charge on any atom is 0.245 e. The maximum atomic E-state index is 11.4. The second-order valence-electron chi connectivity index (χ2n) is 4.45. The van der Waals surface area contributed by atoms with E-state index in [0.29, 0.717) is 6.54 Å². The molecule has 0 unspecified atom stereocenters. The predicted molar refractivity (Wildman–Crippen MR) is 74.4 cm³/mol. The van der Waals surface area contributed by atoms with Gasteiger partial charge in [-0.25, -0.2) is 4.98 Å². The number of carbonyl (C=O) groups is 1. The number of likely N-dealkylation sites (N-methyl/N-ethyl adjacent to an activating group) is 1. The number of aromatic nitrogens is 2. The normalized spacial score (nSPS) is 10.2. The highest BCUT2D eigenvalue weighted by Crippen LogP contribution is 2.08. The lowest BCUT2D eigenvalue weighted by Gasteiger charge is -2.15. The molecule has 1 aromatic heterocycles. The molecule has 2 aromatic rings. The summed E-state index contributed by atoms with van der Waals surface area (Å²) in [4.78, 5) is 17.0. The SMILES string of the molecule is C=CC(=O)N(C)Cc1ccc(Cn2ccnc2)cc1. The molecule has 0 fully saturated rings. The Hall–Kier alpha value is -2.36. The van der Waals surface area contributed by atoms with Crippen LogP contribution in [0.5, 0.6) is 0 Å². The summed E-state index contributed by atoms with van der Waals surface area (Å²) in [5.41, 5.74) is 2.31. The van der Waals surface area contributed by atoms with Gasteiger partial charge in [-0.3, -0.25) is 4.79 Å². The van der Waals surface area contributed by atoms with Crippen molar-refractivity contribution in [3.8, 4) is 0 Å². The van der Waals surface area contributed by atoms with Crippen LogP contribution in [0.3, 0.4) is 0 Å². The Morgan fingerprint density at radius 3 is 2.63 bits per heavy atom. The van der Waals surface area contributed by atoms with E-state index in [0.717, 1.165) is 12.1 Å². The van der Waals surface area contributed by atoms with E-state index in [9.17, 15) is 4.79 Å². The van der Waals surface area contributed by atoms with Crippen molar-refractivity contribution in [2.75, 3.05) is 7.05 Å². The molecule has 0 aliphatic carbocycles. The lowest BCUT2D eigenvalue weighted by atomic mass is 10.1. The molecule has 4 nitrogen and oxygen atoms in total. The van der Waals surface area contributed by atoms with Crippen molar-refractivity contribution in [3.05, 3.63) is 66.8 Å². The van der Waals surface area contributed by atoms with E-state index in [2.05, 4.69) is 23.7 Å². The summed E-state index contributed by atoms with van der Waals surface area (Å²) >= 11 is 0. The maximum absolute atomic E-state index is 11.4. The van der Waals surface area contributed by atoms with E-state index in [4.69, 9.17) is 0 Å². The summed E-state index contributed by atoms with van der Waals surface area (Å²) in [5.74, 6) is -0.0671. The highest BCUT2D eigenvalue weighted by molar-refractivity contribution is 5.86. The van der Waals surface area contributed by atoms with Crippen LogP contribution in [0.4, 0.5) is 0 Å². The van der Waals surface area contributed by atoms with Crippen LogP contribution in [0, 0.1) is 0 Å². The fourth-order valence-corrected chi connectivity index (χ4v) is 1.85. The number of amides is 1. The standard InChI is InChI=1S/C15H17N3O/c1-3-15(19)17(2)10-13-4-6-14(7-5-13)11-18-9-8-16-12-18/h3-9,12H,1,10-11H2,2H3. The second-order valence-corrected chi connectivity index (χ2v) is 4.45. The third-order valence-corrected chi connectivity index (χ3v) is 2.92. The van der Waals surface area contributed by atoms with Gasteiger partial charge in [-0.2, -0.15) is 0 Å². The first-order valence-corrected chi connectivity index (χ1v) is 6.10. The molecular formula is C15H17N3O. The molecule has 98 valence electrons. The predicted octanol–water partition coefficient (Wildman–Crippen LogP) is 2.08. The van der Waals surface area contributed by atoms with Gasteiger partial charge in [-0.15, -0.1) is 0 Å². The number of hydrogen-bond acceptors (Lipinski definition) is 2. The smallest absolute Gasteiger partial charge is 0.245 e. The van der Waals surface area contributed by atoms with Gasteiger partial charge in [-0.05, 0) is 17.2 Å².